The molecule has 0 aliphatic heterocycles. The molecule has 3 rings (SSSR count). The molecule has 0 aliphatic carbocycles. The van der Waals surface area contributed by atoms with Crippen LogP contribution >= 0.6 is 0 Å². The number of nitrogens with one attached hydrogen (secondary N) is 1. The summed E-state index contributed by atoms with van der Waals surface area (Å²) in [7, 11) is 0. The van der Waals surface area contributed by atoms with Crippen molar-refractivity contribution in [3.63, 3.8) is 0 Å². The highest BCUT2D eigenvalue weighted by Crippen LogP contribution is 2.20. The third kappa shape index (κ3) is 4.68. The van der Waals surface area contributed by atoms with E-state index in [9.17, 15) is 4.79 Å². The van der Waals surface area contributed by atoms with Gasteiger partial charge in [0.15, 0.2) is 6.61 Å². The number of aryl methyl sites for hydroxylation is 2. The number of hydrogen-bond donors (Lipinski definition) is 1. The van der Waals surface area contributed by atoms with E-state index in [1.807, 2.05) is 19.9 Å². The first-order chi connectivity index (χ1) is 13.6. The fourth-order valence-corrected chi connectivity index (χ4v) is 2.55. The van der Waals surface area contributed by atoms with Crippen molar-refractivity contribution in [2.45, 2.75) is 20.5 Å². The van der Waals surface area contributed by atoms with Gasteiger partial charge in [0.05, 0.1) is 11.3 Å². The Hall–Kier alpha value is -3.79. The van der Waals surface area contributed by atoms with Gasteiger partial charge in [0.25, 0.3) is 5.91 Å². The Bertz CT molecular complexity index is 984. The third-order valence-corrected chi connectivity index (χ3v) is 4.08. The Morgan fingerprint density at radius 3 is 2.61 bits per heavy atom. The molecule has 2 aromatic carbocycles. The lowest BCUT2D eigenvalue weighted by Gasteiger charge is -2.09. The zero-order valence-corrected chi connectivity index (χ0v) is 15.6. The number of rotatable bonds is 7. The van der Waals surface area contributed by atoms with Crippen LogP contribution in [0.25, 0.3) is 0 Å². The summed E-state index contributed by atoms with van der Waals surface area (Å²) in [6.45, 7) is 4.00. The smallest absolute Gasteiger partial charge is 0.255 e. The molecule has 0 fully saturated rings. The lowest BCUT2D eigenvalue weighted by molar-refractivity contribution is 0.102. The molecule has 1 aromatic heterocycles. The fourth-order valence-electron chi connectivity index (χ4n) is 2.55. The van der Waals surface area contributed by atoms with Crippen LogP contribution in [0.1, 0.15) is 27.4 Å². The van der Waals surface area contributed by atoms with Crippen molar-refractivity contribution in [1.29, 1.82) is 5.26 Å². The molecule has 1 heterocycles. The number of carbonyl (C=O) groups excluding carboxylic acids is 1. The number of nitriles is 1. The molecule has 28 heavy (non-hydrogen) atoms. The first-order valence-electron chi connectivity index (χ1n) is 8.62. The summed E-state index contributed by atoms with van der Waals surface area (Å²) < 4.78 is 16.1. The molecule has 1 N–H and O–H groups in total. The first kappa shape index (κ1) is 19.0. The second-order valence-electron chi connectivity index (χ2n) is 6.04. The molecule has 0 spiro atoms. The Morgan fingerprint density at radius 2 is 1.93 bits per heavy atom. The van der Waals surface area contributed by atoms with E-state index in [0.29, 0.717) is 29.4 Å². The Balaban J connectivity index is 1.60. The van der Waals surface area contributed by atoms with Crippen molar-refractivity contribution in [1.82, 2.24) is 5.16 Å². The number of anilines is 1. The average Bonchev–Trinajstić information content (AvgIpc) is 3.03. The highest BCUT2D eigenvalue weighted by atomic mass is 16.5. The van der Waals surface area contributed by atoms with Crippen LogP contribution in [-0.4, -0.2) is 17.7 Å². The molecule has 0 unspecified atom stereocenters. The van der Waals surface area contributed by atoms with Gasteiger partial charge in [-0.25, -0.2) is 0 Å². The van der Waals surface area contributed by atoms with E-state index in [1.165, 1.54) is 0 Å². The first-order valence-corrected chi connectivity index (χ1v) is 8.62. The minimum absolute atomic E-state index is 0.0488. The van der Waals surface area contributed by atoms with Gasteiger partial charge in [-0.3, -0.25) is 4.79 Å². The number of carbonyl (C=O) groups is 1. The number of hydrogen-bond acceptors (Lipinski definition) is 6. The topological polar surface area (TPSA) is 97.4 Å². The Morgan fingerprint density at radius 1 is 1.14 bits per heavy atom. The van der Waals surface area contributed by atoms with Gasteiger partial charge in [-0.2, -0.15) is 5.26 Å². The van der Waals surface area contributed by atoms with E-state index in [1.54, 1.807) is 48.5 Å². The molecular weight excluding hydrogens is 358 g/mol. The number of aromatic nitrogens is 1. The summed E-state index contributed by atoms with van der Waals surface area (Å²) in [5.74, 6) is 1.63. The molecule has 142 valence electrons. The zero-order chi connectivity index (χ0) is 19.9. The van der Waals surface area contributed by atoms with E-state index in [2.05, 4.69) is 10.5 Å². The predicted octanol–water partition coefficient (Wildman–Crippen LogP) is 4.03. The molecule has 0 saturated carbocycles. The molecular formula is C21H19N3O4. The largest absolute Gasteiger partial charge is 0.489 e. The number of amides is 1. The lowest BCUT2D eigenvalue weighted by atomic mass is 10.2. The van der Waals surface area contributed by atoms with Gasteiger partial charge in [0, 0.05) is 17.3 Å². The van der Waals surface area contributed by atoms with Crippen molar-refractivity contribution in [2.75, 3.05) is 11.9 Å². The number of ether oxygens (including phenoxy) is 2. The van der Waals surface area contributed by atoms with Crippen LogP contribution in [0.3, 0.4) is 0 Å². The van der Waals surface area contributed by atoms with Crippen LogP contribution in [0.15, 0.2) is 53.1 Å². The summed E-state index contributed by atoms with van der Waals surface area (Å²) in [6, 6.07) is 15.6. The molecule has 0 radical (unpaired) electrons. The van der Waals surface area contributed by atoms with Crippen molar-refractivity contribution >= 4 is 11.6 Å². The minimum atomic E-state index is -0.255. The van der Waals surface area contributed by atoms with E-state index >= 15 is 0 Å². The van der Waals surface area contributed by atoms with Gasteiger partial charge in [-0.15, -0.1) is 0 Å². The standard InChI is InChI=1S/C21H19N3O4/c1-14-20(15(2)28-24-14)13-27-18-8-6-16(7-9-18)21(25)23-17-4-3-5-19(12-17)26-11-10-22/h3-9,12H,11,13H2,1-2H3,(H,23,25). The lowest BCUT2D eigenvalue weighted by Crippen LogP contribution is -2.11. The summed E-state index contributed by atoms with van der Waals surface area (Å²) in [5, 5.41) is 15.3. The van der Waals surface area contributed by atoms with Crippen molar-refractivity contribution < 1.29 is 18.8 Å². The summed E-state index contributed by atoms with van der Waals surface area (Å²) in [4.78, 5) is 12.4. The molecule has 1 amide bonds. The summed E-state index contributed by atoms with van der Waals surface area (Å²) in [6.07, 6.45) is 0. The molecule has 0 atom stereocenters. The molecule has 7 nitrogen and oxygen atoms in total. The van der Waals surface area contributed by atoms with Gasteiger partial charge in [-0.05, 0) is 50.2 Å². The maximum absolute atomic E-state index is 12.4. The maximum Gasteiger partial charge on any atom is 0.255 e. The zero-order valence-electron chi connectivity index (χ0n) is 15.6. The van der Waals surface area contributed by atoms with E-state index in [-0.39, 0.29) is 12.5 Å². The van der Waals surface area contributed by atoms with Crippen molar-refractivity contribution in [3.8, 4) is 17.6 Å². The predicted molar refractivity (Wildman–Crippen MR) is 102 cm³/mol. The second-order valence-corrected chi connectivity index (χ2v) is 6.04. The van der Waals surface area contributed by atoms with E-state index in [0.717, 1.165) is 17.0 Å². The highest BCUT2D eigenvalue weighted by molar-refractivity contribution is 6.04. The average molecular weight is 377 g/mol. The summed E-state index contributed by atoms with van der Waals surface area (Å²) >= 11 is 0. The van der Waals surface area contributed by atoms with E-state index < -0.39 is 0 Å². The van der Waals surface area contributed by atoms with Crippen LogP contribution < -0.4 is 14.8 Å². The van der Waals surface area contributed by atoms with E-state index in [4.69, 9.17) is 19.3 Å². The maximum atomic E-state index is 12.4. The van der Waals surface area contributed by atoms with Crippen LogP contribution in [0.4, 0.5) is 5.69 Å². The van der Waals surface area contributed by atoms with Crippen LogP contribution in [0.5, 0.6) is 11.5 Å². The van der Waals surface area contributed by atoms with Crippen LogP contribution in [-0.2, 0) is 6.61 Å². The SMILES string of the molecule is Cc1noc(C)c1COc1ccc(C(=O)Nc2cccc(OCC#N)c2)cc1. The van der Waals surface area contributed by atoms with Crippen molar-refractivity contribution in [3.05, 3.63) is 71.1 Å². The Kier molecular flexibility index (Phi) is 5.92. The summed E-state index contributed by atoms with van der Waals surface area (Å²) in [5.41, 5.74) is 2.79. The van der Waals surface area contributed by atoms with Gasteiger partial charge in [0.2, 0.25) is 0 Å². The van der Waals surface area contributed by atoms with Crippen molar-refractivity contribution in [2.24, 2.45) is 0 Å². The van der Waals surface area contributed by atoms with Crippen LogP contribution in [0.2, 0.25) is 0 Å². The Labute approximate surface area is 162 Å². The van der Waals surface area contributed by atoms with Gasteiger partial charge in [0.1, 0.15) is 29.9 Å². The van der Waals surface area contributed by atoms with Gasteiger partial charge >= 0.3 is 0 Å². The second kappa shape index (κ2) is 8.73. The quantitative estimate of drug-likeness (QED) is 0.668. The molecule has 7 heteroatoms. The highest BCUT2D eigenvalue weighted by Gasteiger charge is 2.11. The fraction of sp³-hybridized carbons (Fsp3) is 0.190. The third-order valence-electron chi connectivity index (χ3n) is 4.08. The number of nitrogens with zero attached hydrogens (tertiary/aromatic N) is 2. The monoisotopic (exact) mass is 377 g/mol. The molecule has 0 bridgehead atoms. The molecule has 0 saturated heterocycles. The minimum Gasteiger partial charge on any atom is -0.489 e. The molecule has 0 aliphatic rings. The number of benzene rings is 2. The van der Waals surface area contributed by atoms with Gasteiger partial charge < -0.3 is 19.3 Å². The normalized spacial score (nSPS) is 10.2. The molecule has 3 aromatic rings. The van der Waals surface area contributed by atoms with Crippen LogP contribution in [0, 0.1) is 25.2 Å². The van der Waals surface area contributed by atoms with Gasteiger partial charge in [-0.1, -0.05) is 11.2 Å².